The standard InChI is InChI=1S/C26H17N3O2/c27-13-15-9-11-16(12-10-15)14-28-29-25(30)23-21-17-5-1-2-6-18(17)22(24(23)26(29)31)20-8-4-3-7-19(20)21/h1-12,14,21-24H/b28-14+. The summed E-state index contributed by atoms with van der Waals surface area (Å²) in [4.78, 5) is 26.9. The minimum Gasteiger partial charge on any atom is -0.272 e. The van der Waals surface area contributed by atoms with Crippen LogP contribution < -0.4 is 0 Å². The minimum absolute atomic E-state index is 0.131. The van der Waals surface area contributed by atoms with Crippen LogP contribution in [0.2, 0.25) is 0 Å². The summed E-state index contributed by atoms with van der Waals surface area (Å²) in [5.41, 5.74) is 5.85. The van der Waals surface area contributed by atoms with E-state index in [0.717, 1.165) is 32.8 Å². The van der Waals surface area contributed by atoms with Crippen molar-refractivity contribution in [3.05, 3.63) is 106 Å². The van der Waals surface area contributed by atoms with Crippen LogP contribution in [0.1, 0.15) is 45.2 Å². The number of amides is 2. The SMILES string of the molecule is N#Cc1ccc(/C=N/N2C(=O)C3C4c5ccccc5C(c5ccccc54)C3C2=O)cc1. The van der Waals surface area contributed by atoms with Gasteiger partial charge >= 0.3 is 0 Å². The number of carbonyl (C=O) groups is 2. The second kappa shape index (κ2) is 6.48. The average Bonchev–Trinajstić information content (AvgIpc) is 3.08. The fraction of sp³-hybridized carbons (Fsp3) is 0.154. The Morgan fingerprint density at radius 1 is 0.742 bits per heavy atom. The number of carbonyl (C=O) groups excluding carboxylic acids is 2. The van der Waals surface area contributed by atoms with Crippen LogP contribution in [-0.4, -0.2) is 23.0 Å². The van der Waals surface area contributed by atoms with Gasteiger partial charge in [0.15, 0.2) is 0 Å². The Balaban J connectivity index is 1.42. The van der Waals surface area contributed by atoms with E-state index in [-0.39, 0.29) is 23.7 Å². The summed E-state index contributed by atoms with van der Waals surface area (Å²) in [6.45, 7) is 0. The highest BCUT2D eigenvalue weighted by atomic mass is 16.2. The first-order valence-corrected chi connectivity index (χ1v) is 10.3. The van der Waals surface area contributed by atoms with Gasteiger partial charge in [0.05, 0.1) is 29.7 Å². The van der Waals surface area contributed by atoms with Gasteiger partial charge < -0.3 is 0 Å². The molecule has 0 saturated carbocycles. The van der Waals surface area contributed by atoms with Crippen LogP contribution >= 0.6 is 0 Å². The molecule has 0 N–H and O–H groups in total. The number of nitriles is 1. The van der Waals surface area contributed by atoms with E-state index in [1.807, 2.05) is 24.3 Å². The molecular weight excluding hydrogens is 386 g/mol. The summed E-state index contributed by atoms with van der Waals surface area (Å²) >= 11 is 0. The molecule has 7 rings (SSSR count). The largest absolute Gasteiger partial charge is 0.272 e. The summed E-state index contributed by atoms with van der Waals surface area (Å²) in [6.07, 6.45) is 1.51. The van der Waals surface area contributed by atoms with Gasteiger partial charge in [-0.3, -0.25) is 9.59 Å². The molecule has 0 spiro atoms. The van der Waals surface area contributed by atoms with Crippen LogP contribution in [0.4, 0.5) is 0 Å². The topological polar surface area (TPSA) is 73.5 Å². The third-order valence-electron chi connectivity index (χ3n) is 6.79. The van der Waals surface area contributed by atoms with Gasteiger partial charge in [0.25, 0.3) is 11.8 Å². The van der Waals surface area contributed by atoms with Crippen molar-refractivity contribution in [3.63, 3.8) is 0 Å². The number of benzene rings is 3. The molecule has 2 bridgehead atoms. The lowest BCUT2D eigenvalue weighted by Gasteiger charge is -2.45. The van der Waals surface area contributed by atoms with Crippen LogP contribution in [0, 0.1) is 23.2 Å². The molecule has 4 aliphatic rings. The quantitative estimate of drug-likeness (QED) is 0.483. The van der Waals surface area contributed by atoms with Crippen LogP contribution in [-0.2, 0) is 9.59 Å². The van der Waals surface area contributed by atoms with Gasteiger partial charge in [0.1, 0.15) is 0 Å². The predicted octanol–water partition coefficient (Wildman–Crippen LogP) is 3.78. The Morgan fingerprint density at radius 2 is 1.19 bits per heavy atom. The molecular formula is C26H17N3O2. The minimum atomic E-state index is -0.430. The smallest absolute Gasteiger partial charge is 0.254 e. The van der Waals surface area contributed by atoms with Gasteiger partial charge in [0, 0.05) is 11.8 Å². The molecule has 2 amide bonds. The van der Waals surface area contributed by atoms with E-state index in [2.05, 4.69) is 35.4 Å². The van der Waals surface area contributed by atoms with E-state index in [4.69, 9.17) is 5.26 Å². The molecule has 0 radical (unpaired) electrons. The predicted molar refractivity (Wildman–Crippen MR) is 114 cm³/mol. The van der Waals surface area contributed by atoms with E-state index >= 15 is 0 Å². The van der Waals surface area contributed by atoms with Gasteiger partial charge in [-0.25, -0.2) is 0 Å². The first-order valence-electron chi connectivity index (χ1n) is 10.3. The second-order valence-electron chi connectivity index (χ2n) is 8.23. The van der Waals surface area contributed by atoms with Crippen molar-refractivity contribution >= 4 is 18.0 Å². The van der Waals surface area contributed by atoms with E-state index in [9.17, 15) is 9.59 Å². The number of imide groups is 1. The fourth-order valence-corrected chi connectivity index (χ4v) is 5.54. The number of hydrogen-bond acceptors (Lipinski definition) is 4. The Morgan fingerprint density at radius 3 is 1.61 bits per heavy atom. The maximum Gasteiger partial charge on any atom is 0.254 e. The molecule has 3 aromatic carbocycles. The summed E-state index contributed by atoms with van der Waals surface area (Å²) in [7, 11) is 0. The average molecular weight is 403 g/mol. The summed E-state index contributed by atoms with van der Waals surface area (Å²) in [6, 6.07) is 25.3. The highest BCUT2D eigenvalue weighted by Gasteiger charge is 2.61. The maximum atomic E-state index is 13.4. The van der Waals surface area contributed by atoms with Gasteiger partial charge in [-0.1, -0.05) is 60.7 Å². The molecule has 5 nitrogen and oxygen atoms in total. The van der Waals surface area contributed by atoms with Gasteiger partial charge in [0.2, 0.25) is 0 Å². The molecule has 31 heavy (non-hydrogen) atoms. The molecule has 1 aliphatic heterocycles. The molecule has 2 atom stereocenters. The highest BCUT2D eigenvalue weighted by molar-refractivity contribution is 6.08. The van der Waals surface area contributed by atoms with Crippen molar-refractivity contribution in [2.45, 2.75) is 11.8 Å². The molecule has 3 aromatic rings. The normalized spacial score (nSPS) is 25.3. The summed E-state index contributed by atoms with van der Waals surface area (Å²) < 4.78 is 0. The Hall–Kier alpha value is -4.04. The van der Waals surface area contributed by atoms with Crippen molar-refractivity contribution in [2.75, 3.05) is 0 Å². The maximum absolute atomic E-state index is 13.4. The zero-order valence-electron chi connectivity index (χ0n) is 16.5. The zero-order valence-corrected chi connectivity index (χ0v) is 16.5. The lowest BCUT2D eigenvalue weighted by Crippen LogP contribution is -2.41. The Kier molecular flexibility index (Phi) is 3.72. The Bertz CT molecular complexity index is 1200. The molecule has 3 aliphatic carbocycles. The number of hydrazone groups is 1. The van der Waals surface area contributed by atoms with Gasteiger partial charge in [-0.2, -0.15) is 15.4 Å². The van der Waals surface area contributed by atoms with Crippen LogP contribution in [0.15, 0.2) is 77.9 Å². The van der Waals surface area contributed by atoms with Gasteiger partial charge in [-0.15, -0.1) is 0 Å². The van der Waals surface area contributed by atoms with E-state index < -0.39 is 11.8 Å². The third kappa shape index (κ3) is 2.39. The number of rotatable bonds is 2. The first-order chi connectivity index (χ1) is 15.2. The summed E-state index contributed by atoms with van der Waals surface area (Å²) in [5, 5.41) is 14.3. The van der Waals surface area contributed by atoms with Crippen molar-refractivity contribution in [2.24, 2.45) is 16.9 Å². The van der Waals surface area contributed by atoms with Gasteiger partial charge in [-0.05, 0) is 39.9 Å². The van der Waals surface area contributed by atoms with Crippen molar-refractivity contribution in [3.8, 4) is 6.07 Å². The van der Waals surface area contributed by atoms with E-state index in [1.54, 1.807) is 24.3 Å². The fourth-order valence-electron chi connectivity index (χ4n) is 5.54. The molecule has 5 heteroatoms. The van der Waals surface area contributed by atoms with Crippen molar-refractivity contribution < 1.29 is 9.59 Å². The Labute approximate surface area is 179 Å². The van der Waals surface area contributed by atoms with E-state index in [1.165, 1.54) is 6.21 Å². The molecule has 0 aromatic heterocycles. The molecule has 148 valence electrons. The zero-order chi connectivity index (χ0) is 21.1. The van der Waals surface area contributed by atoms with Crippen LogP contribution in [0.25, 0.3) is 0 Å². The molecule has 2 unspecified atom stereocenters. The highest BCUT2D eigenvalue weighted by Crippen LogP contribution is 2.60. The van der Waals surface area contributed by atoms with Crippen molar-refractivity contribution in [1.29, 1.82) is 5.26 Å². The van der Waals surface area contributed by atoms with Crippen LogP contribution in [0.3, 0.4) is 0 Å². The number of nitrogens with zero attached hydrogens (tertiary/aromatic N) is 3. The van der Waals surface area contributed by atoms with E-state index in [0.29, 0.717) is 5.56 Å². The summed E-state index contributed by atoms with van der Waals surface area (Å²) in [5.74, 6) is -1.60. The number of hydrogen-bond donors (Lipinski definition) is 0. The second-order valence-corrected chi connectivity index (χ2v) is 8.23. The first kappa shape index (κ1) is 17.8. The van der Waals surface area contributed by atoms with Crippen molar-refractivity contribution in [1.82, 2.24) is 5.01 Å². The molecule has 1 saturated heterocycles. The van der Waals surface area contributed by atoms with Crippen LogP contribution in [0.5, 0.6) is 0 Å². The monoisotopic (exact) mass is 403 g/mol. The lowest BCUT2D eigenvalue weighted by molar-refractivity contribution is -0.139. The molecule has 1 heterocycles. The lowest BCUT2D eigenvalue weighted by atomic mass is 9.55. The molecule has 1 fully saturated rings. The third-order valence-corrected chi connectivity index (χ3v) is 6.79.